The zero-order chi connectivity index (χ0) is 13.5. The van der Waals surface area contributed by atoms with Gasteiger partial charge in [-0.15, -0.1) is 0 Å². The SMILES string of the molecule is CCOC(=O)C(Cc1ccc(O)c(N)c1)OCC. The first-order valence-electron chi connectivity index (χ1n) is 5.94. The van der Waals surface area contributed by atoms with Crippen molar-refractivity contribution in [3.8, 4) is 5.75 Å². The highest BCUT2D eigenvalue weighted by atomic mass is 16.6. The van der Waals surface area contributed by atoms with Crippen LogP contribution in [0, 0.1) is 0 Å². The largest absolute Gasteiger partial charge is 0.506 e. The molecule has 1 aromatic carbocycles. The number of phenols is 1. The van der Waals surface area contributed by atoms with Gasteiger partial charge in [-0.1, -0.05) is 6.07 Å². The average Bonchev–Trinajstić information content (AvgIpc) is 2.33. The van der Waals surface area contributed by atoms with Crippen LogP contribution in [0.1, 0.15) is 19.4 Å². The van der Waals surface area contributed by atoms with E-state index in [-0.39, 0.29) is 17.4 Å². The molecule has 1 unspecified atom stereocenters. The molecule has 0 aliphatic heterocycles. The Morgan fingerprint density at radius 2 is 2.11 bits per heavy atom. The quantitative estimate of drug-likeness (QED) is 0.456. The van der Waals surface area contributed by atoms with Crippen LogP contribution in [0.3, 0.4) is 0 Å². The molecule has 100 valence electrons. The van der Waals surface area contributed by atoms with Gasteiger partial charge in [0.2, 0.25) is 0 Å². The number of benzene rings is 1. The Balaban J connectivity index is 2.76. The lowest BCUT2D eigenvalue weighted by molar-refractivity contribution is -0.156. The van der Waals surface area contributed by atoms with Gasteiger partial charge in [-0.2, -0.15) is 0 Å². The number of carbonyl (C=O) groups excluding carboxylic acids is 1. The van der Waals surface area contributed by atoms with Crippen LogP contribution in [0.2, 0.25) is 0 Å². The molecule has 0 aliphatic carbocycles. The number of hydrogen-bond donors (Lipinski definition) is 2. The minimum atomic E-state index is -0.640. The molecule has 1 aromatic rings. The third kappa shape index (κ3) is 3.92. The maximum atomic E-state index is 11.7. The lowest BCUT2D eigenvalue weighted by atomic mass is 10.1. The van der Waals surface area contributed by atoms with Gasteiger partial charge >= 0.3 is 5.97 Å². The van der Waals surface area contributed by atoms with Gasteiger partial charge in [0.1, 0.15) is 5.75 Å². The van der Waals surface area contributed by atoms with Crippen molar-refractivity contribution in [1.29, 1.82) is 0 Å². The number of carbonyl (C=O) groups is 1. The Bertz CT molecular complexity index is 406. The lowest BCUT2D eigenvalue weighted by Crippen LogP contribution is -2.29. The number of nitrogens with two attached hydrogens (primary N) is 1. The molecule has 0 fully saturated rings. The van der Waals surface area contributed by atoms with Gasteiger partial charge in [0.15, 0.2) is 6.10 Å². The fourth-order valence-corrected chi connectivity index (χ4v) is 1.59. The van der Waals surface area contributed by atoms with Crippen molar-refractivity contribution < 1.29 is 19.4 Å². The molecule has 0 aromatic heterocycles. The normalized spacial score (nSPS) is 12.1. The van der Waals surface area contributed by atoms with Crippen LogP contribution in [0.4, 0.5) is 5.69 Å². The molecule has 0 bridgehead atoms. The van der Waals surface area contributed by atoms with Crippen molar-refractivity contribution in [1.82, 2.24) is 0 Å². The number of nitrogen functional groups attached to an aromatic ring is 1. The number of ether oxygens (including phenoxy) is 2. The Morgan fingerprint density at radius 1 is 1.39 bits per heavy atom. The Hall–Kier alpha value is -1.75. The van der Waals surface area contributed by atoms with Crippen LogP contribution in [0.5, 0.6) is 5.75 Å². The Kier molecular flexibility index (Phi) is 5.45. The molecule has 0 saturated heterocycles. The summed E-state index contributed by atoms with van der Waals surface area (Å²) in [6.45, 7) is 4.31. The molecule has 0 aliphatic rings. The smallest absolute Gasteiger partial charge is 0.335 e. The predicted molar refractivity (Wildman–Crippen MR) is 68.3 cm³/mol. The van der Waals surface area contributed by atoms with Gasteiger partial charge in [-0.25, -0.2) is 4.79 Å². The molecule has 1 rings (SSSR count). The van der Waals surface area contributed by atoms with E-state index < -0.39 is 6.10 Å². The van der Waals surface area contributed by atoms with Gasteiger partial charge in [-0.3, -0.25) is 0 Å². The minimum Gasteiger partial charge on any atom is -0.506 e. The predicted octanol–water partition coefficient (Wildman–Crippen LogP) is 1.49. The van der Waals surface area contributed by atoms with Crippen molar-refractivity contribution in [3.05, 3.63) is 23.8 Å². The zero-order valence-corrected chi connectivity index (χ0v) is 10.7. The van der Waals surface area contributed by atoms with Crippen molar-refractivity contribution in [2.24, 2.45) is 0 Å². The van der Waals surface area contributed by atoms with E-state index in [2.05, 4.69) is 0 Å². The zero-order valence-electron chi connectivity index (χ0n) is 10.7. The highest BCUT2D eigenvalue weighted by molar-refractivity contribution is 5.75. The summed E-state index contributed by atoms with van der Waals surface area (Å²) in [5.74, 6) is -0.353. The molecule has 0 radical (unpaired) electrons. The maximum absolute atomic E-state index is 11.7. The molecule has 0 heterocycles. The molecule has 5 nitrogen and oxygen atoms in total. The van der Waals surface area contributed by atoms with E-state index in [9.17, 15) is 9.90 Å². The van der Waals surface area contributed by atoms with E-state index >= 15 is 0 Å². The summed E-state index contributed by atoms with van der Waals surface area (Å²) in [7, 11) is 0. The first kappa shape index (κ1) is 14.3. The summed E-state index contributed by atoms with van der Waals surface area (Å²) in [5.41, 5.74) is 6.70. The first-order chi connectivity index (χ1) is 8.58. The van der Waals surface area contributed by atoms with Gasteiger partial charge in [0.25, 0.3) is 0 Å². The Labute approximate surface area is 107 Å². The molecule has 0 spiro atoms. The number of hydrogen-bond acceptors (Lipinski definition) is 5. The third-order valence-corrected chi connectivity index (χ3v) is 2.43. The summed E-state index contributed by atoms with van der Waals surface area (Å²) in [6.07, 6.45) is -0.268. The number of rotatable bonds is 6. The van der Waals surface area contributed by atoms with Gasteiger partial charge in [-0.05, 0) is 31.5 Å². The van der Waals surface area contributed by atoms with E-state index in [1.165, 1.54) is 6.07 Å². The highest BCUT2D eigenvalue weighted by Gasteiger charge is 2.20. The lowest BCUT2D eigenvalue weighted by Gasteiger charge is -2.15. The second-order valence-corrected chi connectivity index (χ2v) is 3.79. The third-order valence-electron chi connectivity index (χ3n) is 2.43. The fraction of sp³-hybridized carbons (Fsp3) is 0.462. The standard InChI is InChI=1S/C13H19NO4/c1-3-17-12(13(16)18-4-2)8-9-5-6-11(15)10(14)7-9/h5-7,12,15H,3-4,8,14H2,1-2H3. The first-order valence-corrected chi connectivity index (χ1v) is 5.94. The molecular formula is C13H19NO4. The van der Waals surface area contributed by atoms with Crippen molar-refractivity contribution in [2.75, 3.05) is 18.9 Å². The van der Waals surface area contributed by atoms with E-state index in [0.717, 1.165) is 5.56 Å². The second kappa shape index (κ2) is 6.86. The topological polar surface area (TPSA) is 81.8 Å². The van der Waals surface area contributed by atoms with Crippen LogP contribution < -0.4 is 5.73 Å². The monoisotopic (exact) mass is 253 g/mol. The van der Waals surface area contributed by atoms with Crippen molar-refractivity contribution in [2.45, 2.75) is 26.4 Å². The van der Waals surface area contributed by atoms with E-state index in [0.29, 0.717) is 19.6 Å². The van der Waals surface area contributed by atoms with Crippen molar-refractivity contribution >= 4 is 11.7 Å². The van der Waals surface area contributed by atoms with Crippen LogP contribution in [-0.2, 0) is 20.7 Å². The number of esters is 1. The minimum absolute atomic E-state index is 0.0304. The van der Waals surface area contributed by atoms with Gasteiger partial charge in [0, 0.05) is 13.0 Å². The summed E-state index contributed by atoms with van der Waals surface area (Å²) in [6, 6.07) is 4.83. The van der Waals surface area contributed by atoms with Crippen LogP contribution >= 0.6 is 0 Å². The van der Waals surface area contributed by atoms with Crippen LogP contribution in [0.15, 0.2) is 18.2 Å². The maximum Gasteiger partial charge on any atom is 0.335 e. The number of anilines is 1. The second-order valence-electron chi connectivity index (χ2n) is 3.79. The molecule has 0 saturated carbocycles. The van der Waals surface area contributed by atoms with Crippen molar-refractivity contribution in [3.63, 3.8) is 0 Å². The summed E-state index contributed by atoms with van der Waals surface area (Å²) < 4.78 is 10.3. The number of phenolic OH excluding ortho intramolecular Hbond substituents is 1. The number of aromatic hydroxyl groups is 1. The van der Waals surface area contributed by atoms with Gasteiger partial charge in [0.05, 0.1) is 12.3 Å². The summed E-state index contributed by atoms with van der Waals surface area (Å²) in [4.78, 5) is 11.7. The summed E-state index contributed by atoms with van der Waals surface area (Å²) in [5, 5.41) is 9.33. The van der Waals surface area contributed by atoms with E-state index in [1.54, 1.807) is 19.1 Å². The average molecular weight is 253 g/mol. The Morgan fingerprint density at radius 3 is 2.67 bits per heavy atom. The van der Waals surface area contributed by atoms with E-state index in [4.69, 9.17) is 15.2 Å². The fourth-order valence-electron chi connectivity index (χ4n) is 1.59. The van der Waals surface area contributed by atoms with Crippen LogP contribution in [0.25, 0.3) is 0 Å². The molecule has 0 amide bonds. The molecule has 3 N–H and O–H groups in total. The van der Waals surface area contributed by atoms with Crippen LogP contribution in [-0.4, -0.2) is 30.4 Å². The van der Waals surface area contributed by atoms with Gasteiger partial charge < -0.3 is 20.3 Å². The molecule has 5 heteroatoms. The molecule has 18 heavy (non-hydrogen) atoms. The van der Waals surface area contributed by atoms with E-state index in [1.807, 2.05) is 6.92 Å². The summed E-state index contributed by atoms with van der Waals surface area (Å²) >= 11 is 0. The highest BCUT2D eigenvalue weighted by Crippen LogP contribution is 2.21. The molecule has 1 atom stereocenters. The molecular weight excluding hydrogens is 234 g/mol.